The number of hydrogen-bond acceptors (Lipinski definition) is 6. The number of methoxy groups -OCH3 is 2. The molecule has 0 bridgehead atoms. The van der Waals surface area contributed by atoms with Crippen LogP contribution in [0.2, 0.25) is 0 Å². The van der Waals surface area contributed by atoms with E-state index in [0.29, 0.717) is 30.5 Å². The second-order valence-corrected chi connectivity index (χ2v) is 3.94. The van der Waals surface area contributed by atoms with Gasteiger partial charge in [-0.2, -0.15) is 4.98 Å². The minimum Gasteiger partial charge on any atom is -0.479 e. The molecule has 0 aliphatic rings. The van der Waals surface area contributed by atoms with Gasteiger partial charge in [-0.25, -0.2) is 0 Å². The van der Waals surface area contributed by atoms with Crippen LogP contribution in [0.5, 0.6) is 5.88 Å². The second kappa shape index (κ2) is 7.42. The van der Waals surface area contributed by atoms with Crippen molar-refractivity contribution in [2.45, 2.75) is 13.0 Å². The van der Waals surface area contributed by atoms with E-state index >= 15 is 0 Å². The SMILES string of the molecule is COCCNC(=O)C(C)Nc1ccc(N)c(OC)n1. The molecule has 0 aromatic carbocycles. The number of nitrogens with two attached hydrogens (primary N) is 1. The van der Waals surface area contributed by atoms with Gasteiger partial charge in [-0.05, 0) is 19.1 Å². The average molecular weight is 268 g/mol. The van der Waals surface area contributed by atoms with Crippen LogP contribution >= 0.6 is 0 Å². The van der Waals surface area contributed by atoms with Crippen LogP contribution in [0, 0.1) is 0 Å². The molecule has 1 heterocycles. The van der Waals surface area contributed by atoms with E-state index in [9.17, 15) is 4.79 Å². The molecule has 0 radical (unpaired) electrons. The van der Waals surface area contributed by atoms with E-state index in [-0.39, 0.29) is 5.91 Å². The van der Waals surface area contributed by atoms with Crippen LogP contribution in [0.25, 0.3) is 0 Å². The molecular formula is C12H20N4O3. The van der Waals surface area contributed by atoms with Gasteiger partial charge in [0.1, 0.15) is 11.9 Å². The number of nitrogens with one attached hydrogen (secondary N) is 2. The lowest BCUT2D eigenvalue weighted by Gasteiger charge is -2.15. The fraction of sp³-hybridized carbons (Fsp3) is 0.500. The minimum atomic E-state index is -0.419. The molecule has 0 fully saturated rings. The Balaban J connectivity index is 2.56. The molecule has 0 aliphatic carbocycles. The first kappa shape index (κ1) is 15.0. The number of pyridine rings is 1. The van der Waals surface area contributed by atoms with Crippen LogP contribution < -0.4 is 21.1 Å². The van der Waals surface area contributed by atoms with Crippen LogP contribution in [0.3, 0.4) is 0 Å². The van der Waals surface area contributed by atoms with Gasteiger partial charge in [-0.1, -0.05) is 0 Å². The fourth-order valence-corrected chi connectivity index (χ4v) is 1.41. The van der Waals surface area contributed by atoms with Gasteiger partial charge in [0.25, 0.3) is 0 Å². The molecule has 1 unspecified atom stereocenters. The van der Waals surface area contributed by atoms with E-state index in [2.05, 4.69) is 15.6 Å². The first-order valence-electron chi connectivity index (χ1n) is 5.92. The minimum absolute atomic E-state index is 0.130. The first-order chi connectivity index (χ1) is 9.08. The molecule has 7 nitrogen and oxygen atoms in total. The van der Waals surface area contributed by atoms with Gasteiger partial charge in [0, 0.05) is 13.7 Å². The summed E-state index contributed by atoms with van der Waals surface area (Å²) in [5, 5.41) is 5.70. The maximum absolute atomic E-state index is 11.7. The third-order valence-electron chi connectivity index (χ3n) is 2.45. The number of aromatic nitrogens is 1. The fourth-order valence-electron chi connectivity index (χ4n) is 1.41. The standard InChI is InChI=1S/C12H20N4O3/c1-8(11(17)14-6-7-18-2)15-10-5-4-9(13)12(16-10)19-3/h4-5,8H,6-7,13H2,1-3H3,(H,14,17)(H,15,16). The number of anilines is 2. The maximum Gasteiger partial charge on any atom is 0.242 e. The number of amides is 1. The summed E-state index contributed by atoms with van der Waals surface area (Å²) in [5.41, 5.74) is 6.11. The molecule has 0 aliphatic heterocycles. The predicted octanol–water partition coefficient (Wildman–Crippen LogP) is 0.235. The van der Waals surface area contributed by atoms with E-state index in [1.165, 1.54) is 7.11 Å². The van der Waals surface area contributed by atoms with Gasteiger partial charge >= 0.3 is 0 Å². The van der Waals surface area contributed by atoms with Crippen molar-refractivity contribution in [3.63, 3.8) is 0 Å². The zero-order chi connectivity index (χ0) is 14.3. The van der Waals surface area contributed by atoms with Gasteiger partial charge in [0.2, 0.25) is 11.8 Å². The third-order valence-corrected chi connectivity index (χ3v) is 2.45. The highest BCUT2D eigenvalue weighted by atomic mass is 16.5. The number of rotatable bonds is 7. The summed E-state index contributed by atoms with van der Waals surface area (Å²) in [4.78, 5) is 15.9. The molecule has 1 aromatic heterocycles. The van der Waals surface area contributed by atoms with E-state index in [1.807, 2.05) is 0 Å². The van der Waals surface area contributed by atoms with Crippen molar-refractivity contribution in [2.75, 3.05) is 38.4 Å². The molecule has 0 spiro atoms. The Hall–Kier alpha value is -2.02. The molecule has 106 valence electrons. The van der Waals surface area contributed by atoms with Crippen molar-refractivity contribution in [3.8, 4) is 5.88 Å². The van der Waals surface area contributed by atoms with Gasteiger partial charge in [0.05, 0.1) is 19.4 Å². The van der Waals surface area contributed by atoms with Crippen LogP contribution in [0.4, 0.5) is 11.5 Å². The number of ether oxygens (including phenoxy) is 2. The normalized spacial score (nSPS) is 11.7. The van der Waals surface area contributed by atoms with Crippen molar-refractivity contribution in [1.29, 1.82) is 0 Å². The number of hydrogen-bond donors (Lipinski definition) is 3. The van der Waals surface area contributed by atoms with Crippen molar-refractivity contribution < 1.29 is 14.3 Å². The maximum atomic E-state index is 11.7. The monoisotopic (exact) mass is 268 g/mol. The predicted molar refractivity (Wildman–Crippen MR) is 73.2 cm³/mol. The van der Waals surface area contributed by atoms with Crippen LogP contribution in [-0.2, 0) is 9.53 Å². The lowest BCUT2D eigenvalue weighted by Crippen LogP contribution is -2.39. The number of carbonyl (C=O) groups excluding carboxylic acids is 1. The van der Waals surface area contributed by atoms with Crippen LogP contribution in [0.1, 0.15) is 6.92 Å². The third kappa shape index (κ3) is 4.63. The molecule has 1 amide bonds. The lowest BCUT2D eigenvalue weighted by atomic mass is 10.3. The Morgan fingerprint density at radius 3 is 2.84 bits per heavy atom. The highest BCUT2D eigenvalue weighted by molar-refractivity contribution is 5.83. The number of nitrogens with zero attached hydrogens (tertiary/aromatic N) is 1. The molecular weight excluding hydrogens is 248 g/mol. The molecule has 1 aromatic rings. The van der Waals surface area contributed by atoms with Gasteiger partial charge in [0.15, 0.2) is 0 Å². The summed E-state index contributed by atoms with van der Waals surface area (Å²) < 4.78 is 9.87. The Morgan fingerprint density at radius 1 is 1.47 bits per heavy atom. The molecule has 4 N–H and O–H groups in total. The Morgan fingerprint density at radius 2 is 2.21 bits per heavy atom. The molecule has 0 saturated heterocycles. The molecule has 1 atom stereocenters. The molecule has 0 saturated carbocycles. The Kier molecular flexibility index (Phi) is 5.87. The van der Waals surface area contributed by atoms with Crippen LogP contribution in [0.15, 0.2) is 12.1 Å². The summed E-state index contributed by atoms with van der Waals surface area (Å²) in [6.45, 7) is 2.69. The van der Waals surface area contributed by atoms with E-state index in [4.69, 9.17) is 15.2 Å². The summed E-state index contributed by atoms with van der Waals surface area (Å²) >= 11 is 0. The van der Waals surface area contributed by atoms with Crippen molar-refractivity contribution in [3.05, 3.63) is 12.1 Å². The van der Waals surface area contributed by atoms with E-state index < -0.39 is 6.04 Å². The van der Waals surface area contributed by atoms with Crippen molar-refractivity contribution in [2.24, 2.45) is 0 Å². The topological polar surface area (TPSA) is 98.5 Å². The molecule has 19 heavy (non-hydrogen) atoms. The summed E-state index contributed by atoms with van der Waals surface area (Å²) in [7, 11) is 3.07. The van der Waals surface area contributed by atoms with Gasteiger partial charge in [-0.15, -0.1) is 0 Å². The smallest absolute Gasteiger partial charge is 0.242 e. The van der Waals surface area contributed by atoms with Crippen LogP contribution in [-0.4, -0.2) is 44.3 Å². The summed E-state index contributed by atoms with van der Waals surface area (Å²) in [6, 6.07) is 2.94. The number of nitrogen functional groups attached to an aromatic ring is 1. The number of carbonyl (C=O) groups is 1. The Labute approximate surface area is 112 Å². The zero-order valence-corrected chi connectivity index (χ0v) is 11.4. The Bertz CT molecular complexity index is 425. The van der Waals surface area contributed by atoms with E-state index in [0.717, 1.165) is 0 Å². The zero-order valence-electron chi connectivity index (χ0n) is 11.4. The second-order valence-electron chi connectivity index (χ2n) is 3.94. The van der Waals surface area contributed by atoms with Crippen molar-refractivity contribution in [1.82, 2.24) is 10.3 Å². The highest BCUT2D eigenvalue weighted by Crippen LogP contribution is 2.20. The lowest BCUT2D eigenvalue weighted by molar-refractivity contribution is -0.121. The van der Waals surface area contributed by atoms with Gasteiger partial charge in [-0.3, -0.25) is 4.79 Å². The quantitative estimate of drug-likeness (QED) is 0.613. The summed E-state index contributed by atoms with van der Waals surface area (Å²) in [5.74, 6) is 0.729. The van der Waals surface area contributed by atoms with E-state index in [1.54, 1.807) is 26.2 Å². The van der Waals surface area contributed by atoms with Crippen molar-refractivity contribution >= 4 is 17.4 Å². The average Bonchev–Trinajstić information content (AvgIpc) is 2.41. The molecule has 7 heteroatoms. The summed E-state index contributed by atoms with van der Waals surface area (Å²) in [6.07, 6.45) is 0. The molecule has 1 rings (SSSR count). The largest absolute Gasteiger partial charge is 0.479 e. The highest BCUT2D eigenvalue weighted by Gasteiger charge is 2.13. The first-order valence-corrected chi connectivity index (χ1v) is 5.92. The van der Waals surface area contributed by atoms with Gasteiger partial charge < -0.3 is 25.8 Å².